The summed E-state index contributed by atoms with van der Waals surface area (Å²) in [7, 11) is 0. The van der Waals surface area contributed by atoms with Gasteiger partial charge in [-0.15, -0.1) is 0 Å². The monoisotopic (exact) mass is 255 g/mol. The number of benzene rings is 2. The van der Waals surface area contributed by atoms with E-state index in [2.05, 4.69) is 55.6 Å². The quantitative estimate of drug-likeness (QED) is 0.826. The Morgan fingerprint density at radius 2 is 1.89 bits per heavy atom. The molecule has 0 aliphatic carbocycles. The molecular formula is C17H21NO. The zero-order chi connectivity index (χ0) is 13.5. The molecule has 2 nitrogen and oxygen atoms in total. The highest BCUT2D eigenvalue weighted by molar-refractivity contribution is 5.46. The van der Waals surface area contributed by atoms with E-state index in [-0.39, 0.29) is 0 Å². The SMILES string of the molecule is CCCOc1cccc(CNc2cccc(C)c2)c1. The summed E-state index contributed by atoms with van der Waals surface area (Å²) in [5.74, 6) is 0.949. The normalized spacial score (nSPS) is 10.2. The number of anilines is 1. The second kappa shape index (κ2) is 6.83. The van der Waals surface area contributed by atoms with Crippen molar-refractivity contribution in [3.05, 3.63) is 59.7 Å². The number of ether oxygens (including phenoxy) is 1. The smallest absolute Gasteiger partial charge is 0.119 e. The number of aryl methyl sites for hydroxylation is 1. The maximum Gasteiger partial charge on any atom is 0.119 e. The Labute approximate surface area is 115 Å². The van der Waals surface area contributed by atoms with Crippen molar-refractivity contribution in [1.29, 1.82) is 0 Å². The lowest BCUT2D eigenvalue weighted by molar-refractivity contribution is 0.317. The molecule has 0 aliphatic heterocycles. The maximum absolute atomic E-state index is 5.64. The Bertz CT molecular complexity index is 522. The highest BCUT2D eigenvalue weighted by Gasteiger charge is 1.98. The topological polar surface area (TPSA) is 21.3 Å². The van der Waals surface area contributed by atoms with Crippen LogP contribution in [-0.2, 0) is 6.54 Å². The van der Waals surface area contributed by atoms with Gasteiger partial charge in [-0.1, -0.05) is 31.2 Å². The first-order valence-electron chi connectivity index (χ1n) is 6.80. The number of rotatable bonds is 6. The van der Waals surface area contributed by atoms with E-state index in [0.717, 1.165) is 31.0 Å². The number of hydrogen-bond acceptors (Lipinski definition) is 2. The molecule has 0 atom stereocenters. The van der Waals surface area contributed by atoms with Crippen LogP contribution >= 0.6 is 0 Å². The van der Waals surface area contributed by atoms with E-state index < -0.39 is 0 Å². The van der Waals surface area contributed by atoms with Crippen molar-refractivity contribution in [2.24, 2.45) is 0 Å². The summed E-state index contributed by atoms with van der Waals surface area (Å²) in [5, 5.41) is 3.43. The minimum Gasteiger partial charge on any atom is -0.494 e. The summed E-state index contributed by atoms with van der Waals surface area (Å²) in [6.45, 7) is 5.80. The van der Waals surface area contributed by atoms with Crippen LogP contribution in [0.25, 0.3) is 0 Å². The molecule has 0 bridgehead atoms. The fourth-order valence-corrected chi connectivity index (χ4v) is 1.92. The molecule has 2 heteroatoms. The van der Waals surface area contributed by atoms with E-state index >= 15 is 0 Å². The van der Waals surface area contributed by atoms with Crippen LogP contribution in [0.5, 0.6) is 5.75 Å². The largest absolute Gasteiger partial charge is 0.494 e. The van der Waals surface area contributed by atoms with Gasteiger partial charge in [-0.05, 0) is 48.7 Å². The third-order valence-electron chi connectivity index (χ3n) is 2.89. The van der Waals surface area contributed by atoms with Crippen LogP contribution < -0.4 is 10.1 Å². The third kappa shape index (κ3) is 4.32. The van der Waals surface area contributed by atoms with E-state index in [1.165, 1.54) is 11.1 Å². The molecule has 0 aromatic heterocycles. The molecule has 0 saturated heterocycles. The van der Waals surface area contributed by atoms with E-state index in [9.17, 15) is 0 Å². The van der Waals surface area contributed by atoms with Gasteiger partial charge in [-0.25, -0.2) is 0 Å². The first-order chi connectivity index (χ1) is 9.28. The van der Waals surface area contributed by atoms with Gasteiger partial charge in [0.05, 0.1) is 6.61 Å². The molecular weight excluding hydrogens is 234 g/mol. The number of hydrogen-bond donors (Lipinski definition) is 1. The van der Waals surface area contributed by atoms with Crippen LogP contribution in [0.3, 0.4) is 0 Å². The van der Waals surface area contributed by atoms with Crippen molar-refractivity contribution in [2.45, 2.75) is 26.8 Å². The fourth-order valence-electron chi connectivity index (χ4n) is 1.92. The molecule has 0 amide bonds. The van der Waals surface area contributed by atoms with E-state index in [0.29, 0.717) is 0 Å². The van der Waals surface area contributed by atoms with E-state index in [4.69, 9.17) is 4.74 Å². The lowest BCUT2D eigenvalue weighted by atomic mass is 10.2. The second-order valence-corrected chi connectivity index (χ2v) is 4.72. The Morgan fingerprint density at radius 1 is 1.05 bits per heavy atom. The van der Waals surface area contributed by atoms with Gasteiger partial charge in [0, 0.05) is 12.2 Å². The maximum atomic E-state index is 5.64. The Morgan fingerprint density at radius 3 is 2.68 bits per heavy atom. The van der Waals surface area contributed by atoms with Crippen molar-refractivity contribution >= 4 is 5.69 Å². The van der Waals surface area contributed by atoms with Gasteiger partial charge >= 0.3 is 0 Å². The summed E-state index contributed by atoms with van der Waals surface area (Å²) in [5.41, 5.74) is 3.65. The minimum absolute atomic E-state index is 0.773. The summed E-state index contributed by atoms with van der Waals surface area (Å²) >= 11 is 0. The van der Waals surface area contributed by atoms with Gasteiger partial charge < -0.3 is 10.1 Å². The van der Waals surface area contributed by atoms with Crippen molar-refractivity contribution in [3.63, 3.8) is 0 Å². The molecule has 0 saturated carbocycles. The van der Waals surface area contributed by atoms with Crippen LogP contribution in [0.4, 0.5) is 5.69 Å². The highest BCUT2D eigenvalue weighted by atomic mass is 16.5. The van der Waals surface area contributed by atoms with Crippen LogP contribution in [0.2, 0.25) is 0 Å². The van der Waals surface area contributed by atoms with Crippen molar-refractivity contribution in [2.75, 3.05) is 11.9 Å². The Balaban J connectivity index is 1.95. The van der Waals surface area contributed by atoms with Crippen LogP contribution in [0.1, 0.15) is 24.5 Å². The molecule has 0 aliphatic rings. The minimum atomic E-state index is 0.773. The summed E-state index contributed by atoms with van der Waals surface area (Å²) in [6, 6.07) is 16.7. The van der Waals surface area contributed by atoms with Gasteiger partial charge in [0.1, 0.15) is 5.75 Å². The molecule has 2 aromatic carbocycles. The average molecular weight is 255 g/mol. The van der Waals surface area contributed by atoms with E-state index in [1.807, 2.05) is 12.1 Å². The zero-order valence-corrected chi connectivity index (χ0v) is 11.6. The van der Waals surface area contributed by atoms with Gasteiger partial charge in [0.15, 0.2) is 0 Å². The third-order valence-corrected chi connectivity index (χ3v) is 2.89. The van der Waals surface area contributed by atoms with E-state index in [1.54, 1.807) is 0 Å². The van der Waals surface area contributed by atoms with Crippen molar-refractivity contribution < 1.29 is 4.74 Å². The van der Waals surface area contributed by atoms with Crippen LogP contribution in [-0.4, -0.2) is 6.61 Å². The molecule has 100 valence electrons. The Kier molecular flexibility index (Phi) is 4.85. The molecule has 19 heavy (non-hydrogen) atoms. The van der Waals surface area contributed by atoms with Crippen molar-refractivity contribution in [3.8, 4) is 5.75 Å². The molecule has 0 spiro atoms. The van der Waals surface area contributed by atoms with Crippen LogP contribution in [0.15, 0.2) is 48.5 Å². The highest BCUT2D eigenvalue weighted by Crippen LogP contribution is 2.16. The van der Waals surface area contributed by atoms with Gasteiger partial charge in [0.25, 0.3) is 0 Å². The van der Waals surface area contributed by atoms with Crippen molar-refractivity contribution in [1.82, 2.24) is 0 Å². The molecule has 0 unspecified atom stereocenters. The van der Waals surface area contributed by atoms with Gasteiger partial charge in [-0.2, -0.15) is 0 Å². The first kappa shape index (κ1) is 13.5. The average Bonchev–Trinajstić information content (AvgIpc) is 2.43. The second-order valence-electron chi connectivity index (χ2n) is 4.72. The molecule has 2 rings (SSSR count). The fraction of sp³-hybridized carbons (Fsp3) is 0.294. The van der Waals surface area contributed by atoms with Crippen LogP contribution in [0, 0.1) is 6.92 Å². The Hall–Kier alpha value is -1.96. The lowest BCUT2D eigenvalue weighted by Gasteiger charge is -2.09. The first-order valence-corrected chi connectivity index (χ1v) is 6.80. The predicted molar refractivity (Wildman–Crippen MR) is 80.7 cm³/mol. The standard InChI is InChI=1S/C17H21NO/c1-3-10-19-17-9-5-7-15(12-17)13-18-16-8-4-6-14(2)11-16/h4-9,11-12,18H,3,10,13H2,1-2H3. The summed E-state index contributed by atoms with van der Waals surface area (Å²) in [6.07, 6.45) is 1.03. The predicted octanol–water partition coefficient (Wildman–Crippen LogP) is 4.40. The number of nitrogens with one attached hydrogen (secondary N) is 1. The molecule has 0 heterocycles. The zero-order valence-electron chi connectivity index (χ0n) is 11.6. The van der Waals surface area contributed by atoms with Gasteiger partial charge in [-0.3, -0.25) is 0 Å². The summed E-state index contributed by atoms with van der Waals surface area (Å²) < 4.78 is 5.64. The molecule has 0 fully saturated rings. The molecule has 2 aromatic rings. The molecule has 0 radical (unpaired) electrons. The molecule has 1 N–H and O–H groups in total. The lowest BCUT2D eigenvalue weighted by Crippen LogP contribution is -2.00. The van der Waals surface area contributed by atoms with Gasteiger partial charge in [0.2, 0.25) is 0 Å². The summed E-state index contributed by atoms with van der Waals surface area (Å²) in [4.78, 5) is 0.